The molecule has 1 atom stereocenters. The Hall–Kier alpha value is -1.79. The Morgan fingerprint density at radius 2 is 2.20 bits per heavy atom. The van der Waals surface area contributed by atoms with Gasteiger partial charge in [-0.3, -0.25) is 4.79 Å². The quantitative estimate of drug-likeness (QED) is 0.824. The molecule has 0 heterocycles. The second-order valence-electron chi connectivity index (χ2n) is 5.65. The minimum Gasteiger partial charge on any atom is -0.350 e. The van der Waals surface area contributed by atoms with Crippen molar-refractivity contribution >= 4 is 5.91 Å². The monoisotopic (exact) mass is 270 g/mol. The fourth-order valence-electron chi connectivity index (χ4n) is 2.36. The van der Waals surface area contributed by atoms with Crippen LogP contribution in [0.3, 0.4) is 0 Å². The standard InChI is InChI=1S/C17H22N2O/c1-12-8-15(4-3-7-18)11-16(9-12)17(20)19-13(2)10-14-5-6-14/h8-9,11,13-14H,5-7,10,18H2,1-2H3,(H,19,20). The molecule has 1 unspecified atom stereocenters. The van der Waals surface area contributed by atoms with Gasteiger partial charge in [-0.15, -0.1) is 0 Å². The zero-order chi connectivity index (χ0) is 14.5. The zero-order valence-corrected chi connectivity index (χ0v) is 12.2. The van der Waals surface area contributed by atoms with Gasteiger partial charge >= 0.3 is 0 Å². The molecule has 0 saturated heterocycles. The summed E-state index contributed by atoms with van der Waals surface area (Å²) in [6.45, 7) is 4.37. The van der Waals surface area contributed by atoms with Gasteiger partial charge in [0.05, 0.1) is 6.54 Å². The van der Waals surface area contributed by atoms with Crippen LogP contribution in [0.5, 0.6) is 0 Å². The molecule has 3 heteroatoms. The highest BCUT2D eigenvalue weighted by molar-refractivity contribution is 5.95. The molecule has 0 bridgehead atoms. The lowest BCUT2D eigenvalue weighted by Gasteiger charge is -2.13. The van der Waals surface area contributed by atoms with Gasteiger partial charge in [0.25, 0.3) is 5.91 Å². The zero-order valence-electron chi connectivity index (χ0n) is 12.2. The van der Waals surface area contributed by atoms with Crippen LogP contribution in [-0.4, -0.2) is 18.5 Å². The van der Waals surface area contributed by atoms with Crippen LogP contribution in [-0.2, 0) is 0 Å². The van der Waals surface area contributed by atoms with E-state index in [4.69, 9.17) is 5.73 Å². The molecule has 0 radical (unpaired) electrons. The molecular weight excluding hydrogens is 248 g/mol. The van der Waals surface area contributed by atoms with Crippen LogP contribution < -0.4 is 11.1 Å². The molecule has 1 saturated carbocycles. The van der Waals surface area contributed by atoms with Crippen LogP contribution in [0.2, 0.25) is 0 Å². The van der Waals surface area contributed by atoms with Crippen LogP contribution >= 0.6 is 0 Å². The van der Waals surface area contributed by atoms with E-state index >= 15 is 0 Å². The number of rotatable bonds is 4. The Balaban J connectivity index is 2.05. The van der Waals surface area contributed by atoms with E-state index in [1.165, 1.54) is 12.8 Å². The third kappa shape index (κ3) is 4.40. The Labute approximate surface area is 120 Å². The van der Waals surface area contributed by atoms with Crippen molar-refractivity contribution in [1.82, 2.24) is 5.32 Å². The van der Waals surface area contributed by atoms with Gasteiger partial charge in [-0.2, -0.15) is 0 Å². The Bertz CT molecular complexity index is 550. The maximum absolute atomic E-state index is 12.3. The van der Waals surface area contributed by atoms with Crippen molar-refractivity contribution in [2.75, 3.05) is 6.54 Å². The van der Waals surface area contributed by atoms with Crippen LogP contribution in [0.15, 0.2) is 18.2 Å². The summed E-state index contributed by atoms with van der Waals surface area (Å²) in [6, 6.07) is 5.92. The lowest BCUT2D eigenvalue weighted by atomic mass is 10.1. The first-order chi connectivity index (χ1) is 9.58. The first-order valence-electron chi connectivity index (χ1n) is 7.20. The fourth-order valence-corrected chi connectivity index (χ4v) is 2.36. The van der Waals surface area contributed by atoms with E-state index < -0.39 is 0 Å². The number of nitrogens with one attached hydrogen (secondary N) is 1. The summed E-state index contributed by atoms with van der Waals surface area (Å²) in [7, 11) is 0. The third-order valence-corrected chi connectivity index (χ3v) is 3.44. The van der Waals surface area contributed by atoms with Crippen molar-refractivity contribution in [1.29, 1.82) is 0 Å². The van der Waals surface area contributed by atoms with Crippen molar-refractivity contribution in [3.63, 3.8) is 0 Å². The van der Waals surface area contributed by atoms with Gasteiger partial charge in [0, 0.05) is 17.2 Å². The van der Waals surface area contributed by atoms with Crippen LogP contribution in [0.4, 0.5) is 0 Å². The summed E-state index contributed by atoms with van der Waals surface area (Å²) >= 11 is 0. The summed E-state index contributed by atoms with van der Waals surface area (Å²) in [5, 5.41) is 3.07. The van der Waals surface area contributed by atoms with E-state index in [0.29, 0.717) is 12.1 Å². The first-order valence-corrected chi connectivity index (χ1v) is 7.20. The normalized spacial score (nSPS) is 15.2. The van der Waals surface area contributed by atoms with Gasteiger partial charge in [-0.05, 0) is 49.9 Å². The van der Waals surface area contributed by atoms with Gasteiger partial charge < -0.3 is 11.1 Å². The number of carbonyl (C=O) groups is 1. The molecule has 1 amide bonds. The Morgan fingerprint density at radius 3 is 2.85 bits per heavy atom. The maximum atomic E-state index is 12.3. The highest BCUT2D eigenvalue weighted by Crippen LogP contribution is 2.33. The van der Waals surface area contributed by atoms with Gasteiger partial charge in [0.2, 0.25) is 0 Å². The predicted molar refractivity (Wildman–Crippen MR) is 81.4 cm³/mol. The molecule has 3 N–H and O–H groups in total. The number of hydrogen-bond donors (Lipinski definition) is 2. The first kappa shape index (κ1) is 14.6. The Kier molecular flexibility index (Phi) is 4.81. The molecule has 1 aliphatic carbocycles. The molecule has 1 aromatic rings. The maximum Gasteiger partial charge on any atom is 0.251 e. The van der Waals surface area contributed by atoms with Crippen molar-refractivity contribution in [2.24, 2.45) is 11.7 Å². The topological polar surface area (TPSA) is 55.1 Å². The second-order valence-corrected chi connectivity index (χ2v) is 5.65. The van der Waals surface area contributed by atoms with Crippen molar-refractivity contribution < 1.29 is 4.79 Å². The number of amides is 1. The fraction of sp³-hybridized carbons (Fsp3) is 0.471. The molecule has 3 nitrogen and oxygen atoms in total. The highest BCUT2D eigenvalue weighted by Gasteiger charge is 2.24. The largest absolute Gasteiger partial charge is 0.350 e. The third-order valence-electron chi connectivity index (χ3n) is 3.44. The number of carbonyl (C=O) groups excluding carboxylic acids is 1. The average molecular weight is 270 g/mol. The van der Waals surface area contributed by atoms with E-state index in [2.05, 4.69) is 24.1 Å². The predicted octanol–water partition coefficient (Wildman–Crippen LogP) is 2.22. The van der Waals surface area contributed by atoms with E-state index in [-0.39, 0.29) is 11.9 Å². The smallest absolute Gasteiger partial charge is 0.251 e. The Morgan fingerprint density at radius 1 is 1.45 bits per heavy atom. The highest BCUT2D eigenvalue weighted by atomic mass is 16.1. The van der Waals surface area contributed by atoms with E-state index in [0.717, 1.165) is 23.5 Å². The van der Waals surface area contributed by atoms with Crippen molar-refractivity contribution in [3.05, 3.63) is 34.9 Å². The van der Waals surface area contributed by atoms with Gasteiger partial charge in [-0.25, -0.2) is 0 Å². The summed E-state index contributed by atoms with van der Waals surface area (Å²) in [5.41, 5.74) is 7.93. The molecular formula is C17H22N2O. The van der Waals surface area contributed by atoms with Crippen LogP contribution in [0.1, 0.15) is 47.7 Å². The molecule has 0 aliphatic heterocycles. The lowest BCUT2D eigenvalue weighted by molar-refractivity contribution is 0.0937. The summed E-state index contributed by atoms with van der Waals surface area (Å²) in [4.78, 5) is 12.3. The van der Waals surface area contributed by atoms with Crippen molar-refractivity contribution in [2.45, 2.75) is 39.2 Å². The SMILES string of the molecule is Cc1cc(C#CCN)cc(C(=O)NC(C)CC2CC2)c1. The molecule has 0 aromatic heterocycles. The van der Waals surface area contributed by atoms with Crippen LogP contribution in [0, 0.1) is 24.7 Å². The number of benzene rings is 1. The van der Waals surface area contributed by atoms with E-state index in [1.807, 2.05) is 25.1 Å². The minimum absolute atomic E-state index is 0.0161. The second kappa shape index (κ2) is 6.58. The summed E-state index contributed by atoms with van der Waals surface area (Å²) < 4.78 is 0. The molecule has 1 fully saturated rings. The van der Waals surface area contributed by atoms with Crippen molar-refractivity contribution in [3.8, 4) is 11.8 Å². The number of aryl methyl sites for hydroxylation is 1. The lowest BCUT2D eigenvalue weighted by Crippen LogP contribution is -2.32. The summed E-state index contributed by atoms with van der Waals surface area (Å²) in [6.07, 6.45) is 3.70. The molecule has 0 spiro atoms. The molecule has 1 aliphatic rings. The summed E-state index contributed by atoms with van der Waals surface area (Å²) in [5.74, 6) is 6.60. The number of hydrogen-bond acceptors (Lipinski definition) is 2. The molecule has 106 valence electrons. The minimum atomic E-state index is -0.0161. The average Bonchev–Trinajstić information content (AvgIpc) is 3.19. The van der Waals surface area contributed by atoms with Gasteiger partial charge in [0.15, 0.2) is 0 Å². The van der Waals surface area contributed by atoms with E-state index in [9.17, 15) is 4.79 Å². The van der Waals surface area contributed by atoms with Gasteiger partial charge in [-0.1, -0.05) is 24.7 Å². The van der Waals surface area contributed by atoms with Crippen LogP contribution in [0.25, 0.3) is 0 Å². The van der Waals surface area contributed by atoms with E-state index in [1.54, 1.807) is 0 Å². The van der Waals surface area contributed by atoms with Gasteiger partial charge in [0.1, 0.15) is 0 Å². The number of nitrogens with two attached hydrogens (primary N) is 1. The molecule has 1 aromatic carbocycles. The molecule has 2 rings (SSSR count). The molecule has 20 heavy (non-hydrogen) atoms.